The Hall–Kier alpha value is -2.47. The van der Waals surface area contributed by atoms with Gasteiger partial charge in [-0.2, -0.15) is 0 Å². The van der Waals surface area contributed by atoms with Gasteiger partial charge in [-0.1, -0.05) is 65.0 Å². The molecule has 5 nitrogen and oxygen atoms in total. The number of allylic oxidation sites excluding steroid dienone is 2. The van der Waals surface area contributed by atoms with Crippen LogP contribution >= 0.6 is 0 Å². The summed E-state index contributed by atoms with van der Waals surface area (Å²) in [6.45, 7) is 23.5. The molecule has 1 aromatic rings. The Bertz CT molecular complexity index is 1490. The number of amides is 1. The van der Waals surface area contributed by atoms with Gasteiger partial charge in [0.2, 0.25) is 5.91 Å². The second kappa shape index (κ2) is 14.2. The van der Waals surface area contributed by atoms with Crippen molar-refractivity contribution in [1.29, 1.82) is 0 Å². The number of halogens is 1. The van der Waals surface area contributed by atoms with Crippen molar-refractivity contribution < 1.29 is 19.1 Å². The molecule has 1 amide bonds. The first-order chi connectivity index (χ1) is 23.7. The van der Waals surface area contributed by atoms with Gasteiger partial charge >= 0.3 is 5.97 Å². The molecule has 1 aromatic carbocycles. The molecule has 9 atom stereocenters. The molecule has 5 fully saturated rings. The number of carboxylic acids is 1. The Kier molecular flexibility index (Phi) is 10.6. The van der Waals surface area contributed by atoms with Gasteiger partial charge in [0.1, 0.15) is 5.82 Å². The lowest BCUT2D eigenvalue weighted by molar-refractivity contribution is -0.220. The maximum Gasteiger partial charge on any atom is 0.338 e. The number of nitrogens with one attached hydrogen (secondary N) is 1. The summed E-state index contributed by atoms with van der Waals surface area (Å²) in [6.07, 6.45) is 18.2. The van der Waals surface area contributed by atoms with Crippen LogP contribution in [0.2, 0.25) is 0 Å². The van der Waals surface area contributed by atoms with E-state index in [0.717, 1.165) is 57.4 Å². The lowest BCUT2D eigenvalue weighted by Crippen LogP contribution is -2.64. The fraction of sp³-hybridized carbons (Fsp3) is 0.727. The van der Waals surface area contributed by atoms with Gasteiger partial charge < -0.3 is 15.3 Å². The van der Waals surface area contributed by atoms with E-state index < -0.39 is 11.8 Å². The van der Waals surface area contributed by atoms with Gasteiger partial charge in [0.15, 0.2) is 0 Å². The van der Waals surface area contributed by atoms with Crippen LogP contribution in [0, 0.1) is 63.0 Å². The van der Waals surface area contributed by atoms with Crippen LogP contribution in [0.1, 0.15) is 135 Å². The molecule has 0 radical (unpaired) electrons. The number of hydrogen-bond acceptors (Lipinski definition) is 3. The maximum atomic E-state index is 14.5. The third-order valence-electron chi connectivity index (χ3n) is 15.9. The van der Waals surface area contributed by atoms with Crippen molar-refractivity contribution in [2.45, 2.75) is 119 Å². The average molecular weight is 689 g/mol. The Morgan fingerprint density at radius 1 is 1.10 bits per heavy atom. The molecule has 0 spiro atoms. The molecular formula is C44H65FN2O3. The first kappa shape index (κ1) is 37.3. The third kappa shape index (κ3) is 6.32. The van der Waals surface area contributed by atoms with Crippen LogP contribution in [0.4, 0.5) is 4.39 Å². The minimum absolute atomic E-state index is 0.126. The lowest BCUT2D eigenvalue weighted by atomic mass is 9.34. The van der Waals surface area contributed by atoms with Crippen molar-refractivity contribution in [3.05, 3.63) is 53.4 Å². The summed E-state index contributed by atoms with van der Waals surface area (Å²) in [5.74, 6) is 2.20. The zero-order valence-electron chi connectivity index (χ0n) is 32.0. The SMILES string of the molecule is C=C(C)C1CCC2(CNCCCN3CCCC3=O)CCC3(C)C(CCC4C(C)(CC=Cc5ccc(C(=O)O)c(F)c5)C(C(C)C)CCC43C)C12. The second-order valence-corrected chi connectivity index (χ2v) is 18.5. The summed E-state index contributed by atoms with van der Waals surface area (Å²) in [4.78, 5) is 25.5. The second-order valence-electron chi connectivity index (χ2n) is 18.5. The molecule has 5 aliphatic rings. The molecule has 0 aromatic heterocycles. The highest BCUT2D eigenvalue weighted by Crippen LogP contribution is 2.76. The molecule has 276 valence electrons. The van der Waals surface area contributed by atoms with Gasteiger partial charge in [-0.05, 0) is 159 Å². The zero-order chi connectivity index (χ0) is 36.1. The molecule has 4 saturated carbocycles. The van der Waals surface area contributed by atoms with Crippen molar-refractivity contribution in [2.24, 2.45) is 57.2 Å². The molecule has 4 aliphatic carbocycles. The number of likely N-dealkylation sites (tertiary alicyclic amines) is 1. The van der Waals surface area contributed by atoms with E-state index in [1.807, 2.05) is 6.08 Å². The fourth-order valence-corrected chi connectivity index (χ4v) is 13.3. The number of aromatic carboxylic acids is 1. The molecule has 50 heavy (non-hydrogen) atoms. The van der Waals surface area contributed by atoms with E-state index in [-0.39, 0.29) is 21.8 Å². The van der Waals surface area contributed by atoms with Crippen molar-refractivity contribution in [3.8, 4) is 0 Å². The Morgan fingerprint density at radius 2 is 1.88 bits per heavy atom. The molecule has 1 saturated heterocycles. The predicted octanol–water partition coefficient (Wildman–Crippen LogP) is 10.0. The molecule has 9 unspecified atom stereocenters. The van der Waals surface area contributed by atoms with Crippen LogP contribution in [-0.4, -0.2) is 48.1 Å². The number of benzene rings is 1. The Balaban J connectivity index is 1.23. The number of rotatable bonds is 12. The zero-order valence-corrected chi connectivity index (χ0v) is 32.0. The third-order valence-corrected chi connectivity index (χ3v) is 15.9. The van der Waals surface area contributed by atoms with Crippen molar-refractivity contribution >= 4 is 18.0 Å². The summed E-state index contributed by atoms with van der Waals surface area (Å²) in [7, 11) is 0. The van der Waals surface area contributed by atoms with E-state index in [2.05, 4.69) is 64.4 Å². The van der Waals surface area contributed by atoms with Gasteiger partial charge in [-0.3, -0.25) is 4.79 Å². The van der Waals surface area contributed by atoms with Gasteiger partial charge in [-0.25, -0.2) is 9.18 Å². The lowest BCUT2D eigenvalue weighted by Gasteiger charge is -2.71. The molecular weight excluding hydrogens is 623 g/mol. The monoisotopic (exact) mass is 688 g/mol. The summed E-state index contributed by atoms with van der Waals surface area (Å²) in [5.41, 5.74) is 2.78. The summed E-state index contributed by atoms with van der Waals surface area (Å²) < 4.78 is 14.5. The quantitative estimate of drug-likeness (QED) is 0.169. The largest absolute Gasteiger partial charge is 0.478 e. The van der Waals surface area contributed by atoms with Crippen LogP contribution < -0.4 is 5.32 Å². The van der Waals surface area contributed by atoms with E-state index >= 15 is 0 Å². The first-order valence-electron chi connectivity index (χ1n) is 20.0. The molecule has 1 aliphatic heterocycles. The van der Waals surface area contributed by atoms with Crippen molar-refractivity contribution in [2.75, 3.05) is 26.2 Å². The van der Waals surface area contributed by atoms with Crippen LogP contribution in [-0.2, 0) is 4.79 Å². The minimum atomic E-state index is -1.23. The molecule has 1 heterocycles. The molecule has 6 heteroatoms. The smallest absolute Gasteiger partial charge is 0.338 e. The van der Waals surface area contributed by atoms with E-state index in [4.69, 9.17) is 0 Å². The van der Waals surface area contributed by atoms with Gasteiger partial charge in [0, 0.05) is 26.1 Å². The van der Waals surface area contributed by atoms with Crippen LogP contribution in [0.25, 0.3) is 6.08 Å². The van der Waals surface area contributed by atoms with Crippen LogP contribution in [0.5, 0.6) is 0 Å². The summed E-state index contributed by atoms with van der Waals surface area (Å²) >= 11 is 0. The minimum Gasteiger partial charge on any atom is -0.478 e. The van der Waals surface area contributed by atoms with E-state index in [1.165, 1.54) is 69.1 Å². The Labute approximate surface area is 301 Å². The highest BCUT2D eigenvalue weighted by Gasteiger charge is 2.69. The number of hydrogen-bond donors (Lipinski definition) is 2. The number of nitrogens with zero attached hydrogens (tertiary/aromatic N) is 1. The van der Waals surface area contributed by atoms with Gasteiger partial charge in [-0.15, -0.1) is 0 Å². The first-order valence-corrected chi connectivity index (χ1v) is 20.0. The van der Waals surface area contributed by atoms with E-state index in [1.54, 1.807) is 6.07 Å². The number of fused-ring (bicyclic) bond motifs is 5. The predicted molar refractivity (Wildman–Crippen MR) is 201 cm³/mol. The fourth-order valence-electron chi connectivity index (χ4n) is 13.3. The highest BCUT2D eigenvalue weighted by molar-refractivity contribution is 5.88. The molecule has 0 bridgehead atoms. The standard InChI is InChI=1S/C44H65FN2O3/c1-29(2)32-17-21-44(28-46-24-10-26-47-25-9-12-38(47)48)23-22-42(6)35(39(32)44)15-16-37-41(5,34(30(3)4)18-20-43(37,42)7)19-8-11-31-13-14-33(40(49)50)36(45)27-31/h8,11,13-14,27,30,32,34-35,37,39,46H,1,9-10,12,15-26,28H2,2-7H3,(H,49,50). The number of carboxylic acid groups (broad SMARTS) is 1. The van der Waals surface area contributed by atoms with E-state index in [9.17, 15) is 19.1 Å². The normalized spacial score (nSPS) is 38.4. The molecule has 6 rings (SSSR count). The topological polar surface area (TPSA) is 69.6 Å². The van der Waals surface area contributed by atoms with Gasteiger partial charge in [0.25, 0.3) is 0 Å². The van der Waals surface area contributed by atoms with Gasteiger partial charge in [0.05, 0.1) is 5.56 Å². The number of carbonyl (C=O) groups is 2. The number of carbonyl (C=O) groups excluding carboxylic acids is 1. The highest BCUT2D eigenvalue weighted by atomic mass is 19.1. The Morgan fingerprint density at radius 3 is 2.54 bits per heavy atom. The maximum absolute atomic E-state index is 14.5. The summed E-state index contributed by atoms with van der Waals surface area (Å²) in [6, 6.07) is 4.46. The van der Waals surface area contributed by atoms with Crippen molar-refractivity contribution in [1.82, 2.24) is 10.2 Å². The van der Waals surface area contributed by atoms with E-state index in [0.29, 0.717) is 46.8 Å². The van der Waals surface area contributed by atoms with Crippen LogP contribution in [0.15, 0.2) is 36.4 Å². The molecule has 2 N–H and O–H groups in total. The van der Waals surface area contributed by atoms with Crippen molar-refractivity contribution in [3.63, 3.8) is 0 Å². The van der Waals surface area contributed by atoms with Crippen LogP contribution in [0.3, 0.4) is 0 Å². The average Bonchev–Trinajstić information content (AvgIpc) is 3.64. The summed E-state index contributed by atoms with van der Waals surface area (Å²) in [5, 5.41) is 13.2.